The monoisotopic (exact) mass is 266 g/mol. The van der Waals surface area contributed by atoms with Crippen molar-refractivity contribution in [1.29, 1.82) is 0 Å². The molecule has 0 heterocycles. The van der Waals surface area contributed by atoms with Crippen LogP contribution >= 0.6 is 0 Å². The fraction of sp³-hybridized carbons (Fsp3) is 0.625. The molecule has 108 valence electrons. The second-order valence-electron chi connectivity index (χ2n) is 4.33. The lowest BCUT2D eigenvalue weighted by atomic mass is 10.1. The van der Waals surface area contributed by atoms with Crippen molar-refractivity contribution in [2.75, 3.05) is 26.4 Å². The second kappa shape index (κ2) is 11.0. The van der Waals surface area contributed by atoms with Gasteiger partial charge in [-0.05, 0) is 32.3 Å². The summed E-state index contributed by atoms with van der Waals surface area (Å²) in [5, 5.41) is 0. The molecule has 0 amide bonds. The highest BCUT2D eigenvalue weighted by molar-refractivity contribution is 5.14. The maximum absolute atomic E-state index is 5.62. The SMILES string of the molecule is CCOC(CCOCCCc1ccccc1)OCC. The van der Waals surface area contributed by atoms with Gasteiger partial charge in [-0.3, -0.25) is 0 Å². The number of ether oxygens (including phenoxy) is 3. The summed E-state index contributed by atoms with van der Waals surface area (Å²) in [6.07, 6.45) is 2.80. The predicted octanol–water partition coefficient (Wildman–Crippen LogP) is 3.43. The molecule has 0 aliphatic heterocycles. The Morgan fingerprint density at radius 1 is 0.947 bits per heavy atom. The molecule has 0 saturated heterocycles. The van der Waals surface area contributed by atoms with Crippen LogP contribution in [0.15, 0.2) is 30.3 Å². The average molecular weight is 266 g/mol. The summed E-state index contributed by atoms with van der Waals surface area (Å²) in [7, 11) is 0. The Morgan fingerprint density at radius 3 is 2.26 bits per heavy atom. The highest BCUT2D eigenvalue weighted by Crippen LogP contribution is 2.04. The van der Waals surface area contributed by atoms with Gasteiger partial charge in [-0.2, -0.15) is 0 Å². The molecular weight excluding hydrogens is 240 g/mol. The van der Waals surface area contributed by atoms with E-state index in [-0.39, 0.29) is 6.29 Å². The topological polar surface area (TPSA) is 27.7 Å². The Balaban J connectivity index is 2.01. The molecule has 0 radical (unpaired) electrons. The summed E-state index contributed by atoms with van der Waals surface area (Å²) in [5.74, 6) is 0. The number of hydrogen-bond acceptors (Lipinski definition) is 3. The van der Waals surface area contributed by atoms with Gasteiger partial charge in [0.05, 0.1) is 6.61 Å². The molecule has 19 heavy (non-hydrogen) atoms. The Labute approximate surface area is 116 Å². The maximum atomic E-state index is 5.62. The summed E-state index contributed by atoms with van der Waals surface area (Å²) >= 11 is 0. The quantitative estimate of drug-likeness (QED) is 0.454. The third kappa shape index (κ3) is 7.98. The first-order valence-corrected chi connectivity index (χ1v) is 7.21. The van der Waals surface area contributed by atoms with Gasteiger partial charge in [-0.15, -0.1) is 0 Å². The Bertz CT molecular complexity index is 294. The minimum absolute atomic E-state index is 0.121. The van der Waals surface area contributed by atoms with E-state index < -0.39 is 0 Å². The highest BCUT2D eigenvalue weighted by Gasteiger charge is 2.06. The van der Waals surface area contributed by atoms with Crippen molar-refractivity contribution in [3.8, 4) is 0 Å². The van der Waals surface area contributed by atoms with Gasteiger partial charge in [0.25, 0.3) is 0 Å². The molecule has 0 fully saturated rings. The number of aryl methyl sites for hydroxylation is 1. The average Bonchev–Trinajstić information content (AvgIpc) is 2.44. The number of rotatable bonds is 11. The smallest absolute Gasteiger partial charge is 0.159 e. The zero-order chi connectivity index (χ0) is 13.8. The third-order valence-electron chi connectivity index (χ3n) is 2.80. The van der Waals surface area contributed by atoms with Gasteiger partial charge in [-0.1, -0.05) is 30.3 Å². The van der Waals surface area contributed by atoms with Gasteiger partial charge in [0.15, 0.2) is 6.29 Å². The van der Waals surface area contributed by atoms with Gasteiger partial charge >= 0.3 is 0 Å². The lowest BCUT2D eigenvalue weighted by Gasteiger charge is -2.16. The molecule has 0 N–H and O–H groups in total. The molecule has 3 heteroatoms. The predicted molar refractivity (Wildman–Crippen MR) is 77.2 cm³/mol. The van der Waals surface area contributed by atoms with Crippen LogP contribution in [0.5, 0.6) is 0 Å². The molecule has 0 bridgehead atoms. The number of hydrogen-bond donors (Lipinski definition) is 0. The van der Waals surface area contributed by atoms with Crippen LogP contribution < -0.4 is 0 Å². The van der Waals surface area contributed by atoms with Crippen molar-refractivity contribution in [1.82, 2.24) is 0 Å². The van der Waals surface area contributed by atoms with Crippen LogP contribution in [0.3, 0.4) is 0 Å². The summed E-state index contributed by atoms with van der Waals surface area (Å²) < 4.78 is 16.5. The summed E-state index contributed by atoms with van der Waals surface area (Å²) in [6, 6.07) is 10.5. The Kier molecular flexibility index (Phi) is 9.33. The van der Waals surface area contributed by atoms with Crippen LogP contribution in [-0.4, -0.2) is 32.7 Å². The van der Waals surface area contributed by atoms with Crippen LogP contribution in [0.1, 0.15) is 32.3 Å². The van der Waals surface area contributed by atoms with E-state index in [1.165, 1.54) is 5.56 Å². The van der Waals surface area contributed by atoms with Crippen molar-refractivity contribution in [3.05, 3.63) is 35.9 Å². The third-order valence-corrected chi connectivity index (χ3v) is 2.80. The summed E-state index contributed by atoms with van der Waals surface area (Å²) in [6.45, 7) is 6.80. The fourth-order valence-electron chi connectivity index (χ4n) is 1.89. The zero-order valence-corrected chi connectivity index (χ0v) is 12.1. The zero-order valence-electron chi connectivity index (χ0n) is 12.1. The van der Waals surface area contributed by atoms with Crippen LogP contribution in [0.2, 0.25) is 0 Å². The molecule has 0 spiro atoms. The van der Waals surface area contributed by atoms with E-state index >= 15 is 0 Å². The molecule has 0 aliphatic carbocycles. The van der Waals surface area contributed by atoms with Gasteiger partial charge in [-0.25, -0.2) is 0 Å². The van der Waals surface area contributed by atoms with Crippen LogP contribution in [-0.2, 0) is 20.6 Å². The molecule has 1 aromatic carbocycles. The van der Waals surface area contributed by atoms with Gasteiger partial charge in [0, 0.05) is 26.2 Å². The molecular formula is C16H26O3. The molecule has 0 saturated carbocycles. The lowest BCUT2D eigenvalue weighted by Crippen LogP contribution is -2.19. The summed E-state index contributed by atoms with van der Waals surface area (Å²) in [4.78, 5) is 0. The van der Waals surface area contributed by atoms with Crippen molar-refractivity contribution >= 4 is 0 Å². The van der Waals surface area contributed by atoms with Crippen LogP contribution in [0.4, 0.5) is 0 Å². The van der Waals surface area contributed by atoms with Crippen LogP contribution in [0, 0.1) is 0 Å². The molecule has 0 aromatic heterocycles. The maximum Gasteiger partial charge on any atom is 0.159 e. The molecule has 0 unspecified atom stereocenters. The fourth-order valence-corrected chi connectivity index (χ4v) is 1.89. The van der Waals surface area contributed by atoms with E-state index in [1.807, 2.05) is 19.9 Å². The normalized spacial score (nSPS) is 11.1. The lowest BCUT2D eigenvalue weighted by molar-refractivity contribution is -0.146. The van der Waals surface area contributed by atoms with E-state index in [2.05, 4.69) is 24.3 Å². The van der Waals surface area contributed by atoms with E-state index in [9.17, 15) is 0 Å². The first-order chi connectivity index (χ1) is 9.36. The summed E-state index contributed by atoms with van der Waals surface area (Å²) in [5.41, 5.74) is 1.37. The van der Waals surface area contributed by atoms with Crippen molar-refractivity contribution < 1.29 is 14.2 Å². The first-order valence-electron chi connectivity index (χ1n) is 7.21. The van der Waals surface area contributed by atoms with Crippen LogP contribution in [0.25, 0.3) is 0 Å². The van der Waals surface area contributed by atoms with E-state index in [1.54, 1.807) is 0 Å². The van der Waals surface area contributed by atoms with Gasteiger partial charge < -0.3 is 14.2 Å². The Hall–Kier alpha value is -0.900. The highest BCUT2D eigenvalue weighted by atomic mass is 16.7. The molecule has 0 aliphatic rings. The Morgan fingerprint density at radius 2 is 1.63 bits per heavy atom. The molecule has 1 rings (SSSR count). The van der Waals surface area contributed by atoms with E-state index in [0.717, 1.165) is 25.9 Å². The molecule has 1 aromatic rings. The van der Waals surface area contributed by atoms with Crippen molar-refractivity contribution in [3.63, 3.8) is 0 Å². The minimum Gasteiger partial charge on any atom is -0.381 e. The van der Waals surface area contributed by atoms with Crippen molar-refractivity contribution in [2.24, 2.45) is 0 Å². The largest absolute Gasteiger partial charge is 0.381 e. The number of benzene rings is 1. The minimum atomic E-state index is -0.121. The second-order valence-corrected chi connectivity index (χ2v) is 4.33. The first kappa shape index (κ1) is 16.2. The molecule has 0 atom stereocenters. The standard InChI is InChI=1S/C16H26O3/c1-3-18-16(19-4-2)12-14-17-13-8-11-15-9-6-5-7-10-15/h5-7,9-10,16H,3-4,8,11-14H2,1-2H3. The van der Waals surface area contributed by atoms with Crippen molar-refractivity contribution in [2.45, 2.75) is 39.4 Å². The van der Waals surface area contributed by atoms with Gasteiger partial charge in [0.1, 0.15) is 0 Å². The van der Waals surface area contributed by atoms with Gasteiger partial charge in [0.2, 0.25) is 0 Å². The molecule has 3 nitrogen and oxygen atoms in total. The van der Waals surface area contributed by atoms with E-state index in [4.69, 9.17) is 14.2 Å². The van der Waals surface area contributed by atoms with E-state index in [0.29, 0.717) is 19.8 Å².